The molecule has 21 heavy (non-hydrogen) atoms. The highest BCUT2D eigenvalue weighted by atomic mass is 32.2. The molecule has 0 saturated heterocycles. The van der Waals surface area contributed by atoms with Crippen molar-refractivity contribution in [3.63, 3.8) is 0 Å². The summed E-state index contributed by atoms with van der Waals surface area (Å²) in [5.41, 5.74) is 6.80. The van der Waals surface area contributed by atoms with Crippen molar-refractivity contribution in [2.24, 2.45) is 0 Å². The number of nitrogens with one attached hydrogen (secondary N) is 1. The molecular formula is C14H17N3O3S. The van der Waals surface area contributed by atoms with Crippen LogP contribution in [-0.4, -0.2) is 13.0 Å². The maximum atomic E-state index is 12.4. The number of aromatic nitrogens is 1. The zero-order valence-corrected chi connectivity index (χ0v) is 12.6. The van der Waals surface area contributed by atoms with E-state index in [2.05, 4.69) is 4.72 Å². The van der Waals surface area contributed by atoms with Crippen molar-refractivity contribution in [3.8, 4) is 0 Å². The van der Waals surface area contributed by atoms with Gasteiger partial charge in [0.2, 0.25) is 0 Å². The van der Waals surface area contributed by atoms with Gasteiger partial charge in [0.05, 0.1) is 10.6 Å². The van der Waals surface area contributed by atoms with Crippen LogP contribution < -0.4 is 16.0 Å². The number of pyridine rings is 1. The fraction of sp³-hybridized carbons (Fsp3) is 0.214. The summed E-state index contributed by atoms with van der Waals surface area (Å²) in [6.45, 7) is 3.92. The highest BCUT2D eigenvalue weighted by Gasteiger charge is 2.18. The third-order valence-electron chi connectivity index (χ3n) is 3.19. The lowest BCUT2D eigenvalue weighted by Crippen LogP contribution is -2.20. The summed E-state index contributed by atoms with van der Waals surface area (Å²) in [4.78, 5) is 11.6. The smallest absolute Gasteiger partial charge is 0.262 e. The standard InChI is InChI=1S/C14H17N3O3S/c1-3-17-9-11(7-8-14(17)18)16-21(19,20)13-6-4-5-12(15)10(13)2/h4-9,16H,3,15H2,1-2H3. The van der Waals surface area contributed by atoms with E-state index in [9.17, 15) is 13.2 Å². The number of nitrogen functional groups attached to an aromatic ring is 1. The summed E-state index contributed by atoms with van der Waals surface area (Å²) in [6, 6.07) is 7.49. The van der Waals surface area contributed by atoms with Crippen LogP contribution in [0.1, 0.15) is 12.5 Å². The molecule has 0 fully saturated rings. The summed E-state index contributed by atoms with van der Waals surface area (Å²) in [5, 5.41) is 0. The molecule has 0 aliphatic rings. The largest absolute Gasteiger partial charge is 0.398 e. The van der Waals surface area contributed by atoms with E-state index in [-0.39, 0.29) is 10.5 Å². The molecule has 2 aromatic rings. The Hall–Kier alpha value is -2.28. The summed E-state index contributed by atoms with van der Waals surface area (Å²) < 4.78 is 28.7. The number of sulfonamides is 1. The molecule has 1 aromatic carbocycles. The van der Waals surface area contributed by atoms with Crippen LogP contribution in [-0.2, 0) is 16.6 Å². The summed E-state index contributed by atoms with van der Waals surface area (Å²) >= 11 is 0. The molecule has 0 aliphatic carbocycles. The first-order valence-corrected chi connectivity index (χ1v) is 7.92. The van der Waals surface area contributed by atoms with Gasteiger partial charge in [-0.15, -0.1) is 0 Å². The van der Waals surface area contributed by atoms with Crippen molar-refractivity contribution in [3.05, 3.63) is 52.4 Å². The molecule has 0 saturated carbocycles. The second-order valence-electron chi connectivity index (χ2n) is 4.62. The third-order valence-corrected chi connectivity index (χ3v) is 4.72. The molecule has 1 heterocycles. The number of rotatable bonds is 4. The zero-order valence-electron chi connectivity index (χ0n) is 11.8. The van der Waals surface area contributed by atoms with Crippen molar-refractivity contribution < 1.29 is 8.42 Å². The van der Waals surface area contributed by atoms with Gasteiger partial charge < -0.3 is 10.3 Å². The van der Waals surface area contributed by atoms with Crippen molar-refractivity contribution in [1.82, 2.24) is 4.57 Å². The highest BCUT2D eigenvalue weighted by Crippen LogP contribution is 2.22. The highest BCUT2D eigenvalue weighted by molar-refractivity contribution is 7.92. The molecule has 2 rings (SSSR count). The van der Waals surface area contributed by atoms with Crippen LogP contribution in [0.3, 0.4) is 0 Å². The second-order valence-corrected chi connectivity index (χ2v) is 6.27. The van der Waals surface area contributed by atoms with E-state index in [4.69, 9.17) is 5.73 Å². The van der Waals surface area contributed by atoms with Crippen molar-refractivity contribution in [2.75, 3.05) is 10.5 Å². The van der Waals surface area contributed by atoms with Gasteiger partial charge in [-0.2, -0.15) is 0 Å². The van der Waals surface area contributed by atoms with Gasteiger partial charge in [0.15, 0.2) is 0 Å². The number of nitrogens with two attached hydrogens (primary N) is 1. The van der Waals surface area contributed by atoms with Crippen molar-refractivity contribution in [2.45, 2.75) is 25.3 Å². The maximum Gasteiger partial charge on any atom is 0.262 e. The van der Waals surface area contributed by atoms with E-state index in [1.54, 1.807) is 19.1 Å². The van der Waals surface area contributed by atoms with E-state index in [0.717, 1.165) is 0 Å². The molecular weight excluding hydrogens is 290 g/mol. The molecule has 0 amide bonds. The minimum atomic E-state index is -3.75. The van der Waals surface area contributed by atoms with Crippen molar-refractivity contribution >= 4 is 21.4 Å². The van der Waals surface area contributed by atoms with E-state index in [1.165, 1.54) is 29.0 Å². The average Bonchev–Trinajstić information content (AvgIpc) is 2.43. The van der Waals surface area contributed by atoms with E-state index in [1.807, 2.05) is 6.92 Å². The lowest BCUT2D eigenvalue weighted by molar-refractivity contribution is 0.600. The number of hydrogen-bond acceptors (Lipinski definition) is 4. The predicted octanol–water partition coefficient (Wildman–Crippen LogP) is 1.56. The van der Waals surface area contributed by atoms with Crippen LogP contribution in [0.5, 0.6) is 0 Å². The van der Waals surface area contributed by atoms with Gasteiger partial charge in [0, 0.05) is 24.5 Å². The number of hydrogen-bond donors (Lipinski definition) is 2. The normalized spacial score (nSPS) is 11.3. The molecule has 7 heteroatoms. The first-order valence-electron chi connectivity index (χ1n) is 6.43. The fourth-order valence-electron chi connectivity index (χ4n) is 1.97. The lowest BCUT2D eigenvalue weighted by atomic mass is 10.2. The number of nitrogens with zero attached hydrogens (tertiary/aromatic N) is 1. The quantitative estimate of drug-likeness (QED) is 0.838. The molecule has 0 radical (unpaired) electrons. The van der Waals surface area contributed by atoms with Gasteiger partial charge in [0.25, 0.3) is 15.6 Å². The molecule has 0 unspecified atom stereocenters. The van der Waals surface area contributed by atoms with Gasteiger partial charge in [0.1, 0.15) is 0 Å². The summed E-state index contributed by atoms with van der Waals surface area (Å²) in [5.74, 6) is 0. The molecule has 112 valence electrons. The molecule has 0 atom stereocenters. The van der Waals surface area contributed by atoms with Crippen LogP contribution in [0.4, 0.5) is 11.4 Å². The maximum absolute atomic E-state index is 12.4. The van der Waals surface area contributed by atoms with Crippen LogP contribution in [0.15, 0.2) is 46.2 Å². The van der Waals surface area contributed by atoms with E-state index < -0.39 is 10.0 Å². The first-order chi connectivity index (χ1) is 9.85. The Kier molecular flexibility index (Phi) is 4.04. The Labute approximate surface area is 123 Å². The van der Waals surface area contributed by atoms with Crippen LogP contribution in [0, 0.1) is 6.92 Å². The molecule has 0 spiro atoms. The average molecular weight is 307 g/mol. The van der Waals surface area contributed by atoms with Gasteiger partial charge in [-0.25, -0.2) is 8.42 Å². The minimum Gasteiger partial charge on any atom is -0.398 e. The minimum absolute atomic E-state index is 0.122. The molecule has 6 nitrogen and oxygen atoms in total. The van der Waals surface area contributed by atoms with Crippen LogP contribution in [0.25, 0.3) is 0 Å². The molecule has 1 aromatic heterocycles. The summed E-state index contributed by atoms with van der Waals surface area (Å²) in [6.07, 6.45) is 1.47. The van der Waals surface area contributed by atoms with Gasteiger partial charge in [-0.05, 0) is 37.6 Å². The van der Waals surface area contributed by atoms with Crippen LogP contribution >= 0.6 is 0 Å². The Morgan fingerprint density at radius 2 is 1.95 bits per heavy atom. The molecule has 3 N–H and O–H groups in total. The monoisotopic (exact) mass is 307 g/mol. The number of benzene rings is 1. The van der Waals surface area contributed by atoms with E-state index in [0.29, 0.717) is 23.5 Å². The summed E-state index contributed by atoms with van der Waals surface area (Å²) in [7, 11) is -3.75. The third kappa shape index (κ3) is 3.08. The van der Waals surface area contributed by atoms with Gasteiger partial charge in [-0.3, -0.25) is 9.52 Å². The van der Waals surface area contributed by atoms with Crippen molar-refractivity contribution in [1.29, 1.82) is 0 Å². The van der Waals surface area contributed by atoms with E-state index >= 15 is 0 Å². The topological polar surface area (TPSA) is 94.2 Å². The van der Waals surface area contributed by atoms with Gasteiger partial charge in [-0.1, -0.05) is 6.07 Å². The zero-order chi connectivity index (χ0) is 15.6. The Balaban J connectivity index is 2.42. The van der Waals surface area contributed by atoms with Gasteiger partial charge >= 0.3 is 0 Å². The van der Waals surface area contributed by atoms with Crippen LogP contribution in [0.2, 0.25) is 0 Å². The lowest BCUT2D eigenvalue weighted by Gasteiger charge is -2.12. The Bertz CT molecular complexity index is 826. The first kappa shape index (κ1) is 15.1. The second kappa shape index (κ2) is 5.61. The molecule has 0 bridgehead atoms. The Morgan fingerprint density at radius 3 is 2.62 bits per heavy atom. The number of aryl methyl sites for hydroxylation is 1. The number of anilines is 2. The fourth-order valence-corrected chi connectivity index (χ4v) is 3.29. The Morgan fingerprint density at radius 1 is 1.24 bits per heavy atom. The predicted molar refractivity (Wildman–Crippen MR) is 82.8 cm³/mol. The molecule has 0 aliphatic heterocycles. The SMILES string of the molecule is CCn1cc(NS(=O)(=O)c2cccc(N)c2C)ccc1=O.